The van der Waals surface area contributed by atoms with Crippen molar-refractivity contribution in [1.82, 2.24) is 5.43 Å². The van der Waals surface area contributed by atoms with Gasteiger partial charge in [0.1, 0.15) is 0 Å². The van der Waals surface area contributed by atoms with Gasteiger partial charge in [-0.2, -0.15) is 0 Å². The minimum Gasteiger partial charge on any atom is -0.448 e. The number of hydrogen-bond donors (Lipinski definition) is 2. The zero-order valence-electron chi connectivity index (χ0n) is 9.75. The summed E-state index contributed by atoms with van der Waals surface area (Å²) < 4.78 is 4.93. The van der Waals surface area contributed by atoms with E-state index in [4.69, 9.17) is 4.74 Å². The van der Waals surface area contributed by atoms with Crippen LogP contribution >= 0.6 is 0 Å². The maximum absolute atomic E-state index is 11.2. The van der Waals surface area contributed by atoms with E-state index in [1.807, 2.05) is 38.1 Å². The highest BCUT2D eigenvalue weighted by molar-refractivity contribution is 5.69. The first kappa shape index (κ1) is 12.4. The second kappa shape index (κ2) is 6.71. The third-order valence-corrected chi connectivity index (χ3v) is 2.18. The molecular formula is C12H18N2O2. The van der Waals surface area contributed by atoms with Crippen LogP contribution < -0.4 is 10.9 Å². The van der Waals surface area contributed by atoms with Gasteiger partial charge in [-0.25, -0.2) is 10.2 Å². The van der Waals surface area contributed by atoms with Crippen LogP contribution in [0.25, 0.3) is 0 Å². The number of nitrogens with one attached hydrogen (secondary N) is 2. The van der Waals surface area contributed by atoms with Crippen molar-refractivity contribution in [3.05, 3.63) is 29.8 Å². The predicted molar refractivity (Wildman–Crippen MR) is 64.2 cm³/mol. The van der Waals surface area contributed by atoms with E-state index in [1.165, 1.54) is 0 Å². The van der Waals surface area contributed by atoms with Gasteiger partial charge in [-0.1, -0.05) is 31.5 Å². The second-order valence-corrected chi connectivity index (χ2v) is 3.55. The van der Waals surface area contributed by atoms with Crippen molar-refractivity contribution in [2.24, 2.45) is 0 Å². The number of carbonyl (C=O) groups excluding carboxylic acids is 1. The Morgan fingerprint density at radius 3 is 2.81 bits per heavy atom. The Bertz CT molecular complexity index is 340. The summed E-state index contributed by atoms with van der Waals surface area (Å²) in [7, 11) is 0. The lowest BCUT2D eigenvalue weighted by Gasteiger charge is -2.10. The fourth-order valence-corrected chi connectivity index (χ4v) is 1.18. The van der Waals surface area contributed by atoms with E-state index in [1.54, 1.807) is 0 Å². The zero-order valence-corrected chi connectivity index (χ0v) is 9.75. The van der Waals surface area contributed by atoms with Gasteiger partial charge >= 0.3 is 6.09 Å². The van der Waals surface area contributed by atoms with Crippen molar-refractivity contribution >= 4 is 11.8 Å². The van der Waals surface area contributed by atoms with Crippen LogP contribution in [0.5, 0.6) is 0 Å². The van der Waals surface area contributed by atoms with E-state index in [9.17, 15) is 4.79 Å². The average molecular weight is 222 g/mol. The Morgan fingerprint density at radius 1 is 1.38 bits per heavy atom. The largest absolute Gasteiger partial charge is 0.448 e. The molecule has 1 amide bonds. The lowest BCUT2D eigenvalue weighted by Crippen LogP contribution is -2.30. The van der Waals surface area contributed by atoms with Gasteiger partial charge in [-0.3, -0.25) is 5.43 Å². The van der Waals surface area contributed by atoms with Gasteiger partial charge in [-0.15, -0.1) is 0 Å². The van der Waals surface area contributed by atoms with E-state index in [0.717, 1.165) is 24.1 Å². The lowest BCUT2D eigenvalue weighted by molar-refractivity contribution is 0.147. The molecule has 0 aliphatic heterocycles. The molecule has 2 N–H and O–H groups in total. The predicted octanol–water partition coefficient (Wildman–Crippen LogP) is 2.85. The van der Waals surface area contributed by atoms with Crippen molar-refractivity contribution in [2.75, 3.05) is 12.0 Å². The molecule has 0 atom stereocenters. The first-order valence-electron chi connectivity index (χ1n) is 5.48. The molecule has 0 aliphatic carbocycles. The fourth-order valence-electron chi connectivity index (χ4n) is 1.18. The molecule has 88 valence electrons. The van der Waals surface area contributed by atoms with E-state index in [0.29, 0.717) is 6.61 Å². The van der Waals surface area contributed by atoms with Crippen LogP contribution in [0.2, 0.25) is 0 Å². The van der Waals surface area contributed by atoms with Crippen LogP contribution in [0.4, 0.5) is 10.5 Å². The number of carbonyl (C=O) groups is 1. The molecule has 4 heteroatoms. The number of para-hydroxylation sites is 1. The molecule has 0 fully saturated rings. The number of benzene rings is 1. The van der Waals surface area contributed by atoms with Gasteiger partial charge in [0.2, 0.25) is 0 Å². The first-order chi connectivity index (χ1) is 7.74. The molecule has 1 aromatic carbocycles. The lowest BCUT2D eigenvalue weighted by atomic mass is 10.2. The summed E-state index contributed by atoms with van der Waals surface area (Å²) in [4.78, 5) is 11.2. The number of hydrazine groups is 1. The van der Waals surface area contributed by atoms with Gasteiger partial charge in [0, 0.05) is 0 Å². The monoisotopic (exact) mass is 222 g/mol. The number of rotatable bonds is 5. The maximum Gasteiger partial charge on any atom is 0.425 e. The number of ether oxygens (including phenoxy) is 1. The Morgan fingerprint density at radius 2 is 2.12 bits per heavy atom. The van der Waals surface area contributed by atoms with E-state index in [-0.39, 0.29) is 0 Å². The summed E-state index contributed by atoms with van der Waals surface area (Å²) in [6, 6.07) is 7.70. The quantitative estimate of drug-likeness (QED) is 0.595. The van der Waals surface area contributed by atoms with E-state index < -0.39 is 6.09 Å². The Hall–Kier alpha value is -1.71. The van der Waals surface area contributed by atoms with Crippen LogP contribution in [0, 0.1) is 6.92 Å². The smallest absolute Gasteiger partial charge is 0.425 e. The number of amides is 1. The molecule has 0 saturated heterocycles. The molecule has 0 spiro atoms. The molecular weight excluding hydrogens is 204 g/mol. The summed E-state index contributed by atoms with van der Waals surface area (Å²) in [5.74, 6) is 0. The molecule has 16 heavy (non-hydrogen) atoms. The molecule has 0 aliphatic rings. The molecule has 0 aromatic heterocycles. The van der Waals surface area contributed by atoms with Crippen molar-refractivity contribution in [1.29, 1.82) is 0 Å². The number of unbranched alkanes of at least 4 members (excludes halogenated alkanes) is 1. The van der Waals surface area contributed by atoms with Gasteiger partial charge in [0.15, 0.2) is 0 Å². The van der Waals surface area contributed by atoms with Crippen LogP contribution in [-0.4, -0.2) is 12.7 Å². The highest BCUT2D eigenvalue weighted by Gasteiger charge is 2.01. The number of anilines is 1. The topological polar surface area (TPSA) is 50.4 Å². The third kappa shape index (κ3) is 4.21. The van der Waals surface area contributed by atoms with Gasteiger partial charge in [0.05, 0.1) is 12.3 Å². The van der Waals surface area contributed by atoms with Crippen LogP contribution in [0.1, 0.15) is 25.3 Å². The average Bonchev–Trinajstić information content (AvgIpc) is 2.28. The third-order valence-electron chi connectivity index (χ3n) is 2.18. The normalized spacial score (nSPS) is 9.62. The summed E-state index contributed by atoms with van der Waals surface area (Å²) in [6.45, 7) is 4.47. The highest BCUT2D eigenvalue weighted by atomic mass is 16.6. The summed E-state index contributed by atoms with van der Waals surface area (Å²) in [5, 5.41) is 0. The molecule has 1 aromatic rings. The minimum absolute atomic E-state index is 0.447. The maximum atomic E-state index is 11.2. The highest BCUT2D eigenvalue weighted by Crippen LogP contribution is 2.11. The molecule has 0 radical (unpaired) electrons. The number of aryl methyl sites for hydroxylation is 1. The van der Waals surface area contributed by atoms with Crippen LogP contribution in [0.3, 0.4) is 0 Å². The standard InChI is InChI=1S/C12H18N2O2/c1-3-4-9-16-12(15)14-13-11-8-6-5-7-10(11)2/h5-8,13H,3-4,9H2,1-2H3,(H,14,15). The first-order valence-corrected chi connectivity index (χ1v) is 5.48. The number of hydrogen-bond acceptors (Lipinski definition) is 3. The van der Waals surface area contributed by atoms with Gasteiger partial charge in [-0.05, 0) is 25.0 Å². The second-order valence-electron chi connectivity index (χ2n) is 3.55. The van der Waals surface area contributed by atoms with E-state index in [2.05, 4.69) is 10.9 Å². The SMILES string of the molecule is CCCCOC(=O)NNc1ccccc1C. The molecule has 0 bridgehead atoms. The van der Waals surface area contributed by atoms with Gasteiger partial charge < -0.3 is 4.74 Å². The van der Waals surface area contributed by atoms with E-state index >= 15 is 0 Å². The molecule has 4 nitrogen and oxygen atoms in total. The van der Waals surface area contributed by atoms with Crippen molar-refractivity contribution in [3.8, 4) is 0 Å². The Balaban J connectivity index is 2.29. The summed E-state index contributed by atoms with van der Waals surface area (Å²) in [5.41, 5.74) is 7.24. The Labute approximate surface area is 96.0 Å². The zero-order chi connectivity index (χ0) is 11.8. The van der Waals surface area contributed by atoms with Crippen molar-refractivity contribution in [2.45, 2.75) is 26.7 Å². The molecule has 0 heterocycles. The van der Waals surface area contributed by atoms with Crippen molar-refractivity contribution in [3.63, 3.8) is 0 Å². The molecule has 1 rings (SSSR count). The van der Waals surface area contributed by atoms with Crippen LogP contribution in [0.15, 0.2) is 24.3 Å². The fraction of sp³-hybridized carbons (Fsp3) is 0.417. The van der Waals surface area contributed by atoms with Gasteiger partial charge in [0.25, 0.3) is 0 Å². The van der Waals surface area contributed by atoms with Crippen LogP contribution in [-0.2, 0) is 4.74 Å². The Kier molecular flexibility index (Phi) is 5.19. The molecule has 0 unspecified atom stereocenters. The van der Waals surface area contributed by atoms with Crippen molar-refractivity contribution < 1.29 is 9.53 Å². The summed E-state index contributed by atoms with van der Waals surface area (Å²) in [6.07, 6.45) is 1.45. The summed E-state index contributed by atoms with van der Waals surface area (Å²) >= 11 is 0. The molecule has 0 saturated carbocycles. The minimum atomic E-state index is -0.447.